The van der Waals surface area contributed by atoms with Crippen molar-refractivity contribution in [3.8, 4) is 5.69 Å². The molecular formula is C13H13N5O2S2. The highest BCUT2D eigenvalue weighted by atomic mass is 32.2. The van der Waals surface area contributed by atoms with E-state index in [1.165, 1.54) is 4.68 Å². The second kappa shape index (κ2) is 5.85. The summed E-state index contributed by atoms with van der Waals surface area (Å²) in [4.78, 5) is 0. The molecule has 2 aromatic heterocycles. The summed E-state index contributed by atoms with van der Waals surface area (Å²) in [6.07, 6.45) is 0.638. The van der Waals surface area contributed by atoms with E-state index < -0.39 is 10.0 Å². The average Bonchev–Trinajstić information content (AvgIpc) is 3.19. The molecule has 0 bridgehead atoms. The van der Waals surface area contributed by atoms with Crippen molar-refractivity contribution in [1.29, 1.82) is 0 Å². The lowest BCUT2D eigenvalue weighted by molar-refractivity contribution is 0.603. The third kappa shape index (κ3) is 2.72. The van der Waals surface area contributed by atoms with Crippen molar-refractivity contribution < 1.29 is 8.42 Å². The van der Waals surface area contributed by atoms with Crippen LogP contribution in [0.1, 0.15) is 12.7 Å². The number of rotatable bonds is 5. The van der Waals surface area contributed by atoms with Crippen LogP contribution in [-0.2, 0) is 16.4 Å². The van der Waals surface area contributed by atoms with Gasteiger partial charge in [-0.05, 0) is 34.0 Å². The molecule has 114 valence electrons. The van der Waals surface area contributed by atoms with E-state index in [9.17, 15) is 8.42 Å². The smallest absolute Gasteiger partial charge is 0.271 e. The Hall–Kier alpha value is -2.26. The zero-order chi connectivity index (χ0) is 15.6. The van der Waals surface area contributed by atoms with Crippen LogP contribution in [0.3, 0.4) is 0 Å². The SMILES string of the molecule is CCc1nnnn1-c1ccccc1NS(=O)(=O)c1cccs1. The van der Waals surface area contributed by atoms with Gasteiger partial charge in [0.1, 0.15) is 4.21 Å². The first-order chi connectivity index (χ1) is 10.6. The fraction of sp³-hybridized carbons (Fsp3) is 0.154. The first-order valence-corrected chi connectivity index (χ1v) is 8.91. The van der Waals surface area contributed by atoms with Crippen molar-refractivity contribution in [2.45, 2.75) is 17.6 Å². The first kappa shape index (κ1) is 14.7. The molecule has 0 amide bonds. The summed E-state index contributed by atoms with van der Waals surface area (Å²) in [5, 5.41) is 13.2. The summed E-state index contributed by atoms with van der Waals surface area (Å²) in [5.41, 5.74) is 1.02. The molecule has 3 rings (SSSR count). The van der Waals surface area contributed by atoms with Crippen LogP contribution < -0.4 is 4.72 Å². The van der Waals surface area contributed by atoms with Crippen molar-refractivity contribution in [3.05, 3.63) is 47.6 Å². The van der Waals surface area contributed by atoms with E-state index in [4.69, 9.17) is 0 Å². The van der Waals surface area contributed by atoms with E-state index in [2.05, 4.69) is 20.2 Å². The van der Waals surface area contributed by atoms with Gasteiger partial charge >= 0.3 is 0 Å². The molecule has 0 aliphatic carbocycles. The monoisotopic (exact) mass is 335 g/mol. The van der Waals surface area contributed by atoms with Crippen LogP contribution in [0.2, 0.25) is 0 Å². The van der Waals surface area contributed by atoms with Crippen molar-refractivity contribution in [2.24, 2.45) is 0 Å². The molecule has 0 saturated carbocycles. The van der Waals surface area contributed by atoms with E-state index in [0.717, 1.165) is 11.3 Å². The quantitative estimate of drug-likeness (QED) is 0.771. The fourth-order valence-electron chi connectivity index (χ4n) is 1.97. The van der Waals surface area contributed by atoms with Crippen LogP contribution in [-0.4, -0.2) is 28.6 Å². The second-order valence-corrected chi connectivity index (χ2v) is 7.27. The summed E-state index contributed by atoms with van der Waals surface area (Å²) in [6, 6.07) is 10.3. The van der Waals surface area contributed by atoms with E-state index in [1.54, 1.807) is 41.8 Å². The Morgan fingerprint density at radius 2 is 2.05 bits per heavy atom. The molecule has 3 aromatic rings. The number of tetrazole rings is 1. The zero-order valence-electron chi connectivity index (χ0n) is 11.7. The molecule has 7 nitrogen and oxygen atoms in total. The molecule has 2 heterocycles. The first-order valence-electron chi connectivity index (χ1n) is 6.55. The van der Waals surface area contributed by atoms with Crippen LogP contribution in [0.15, 0.2) is 46.0 Å². The van der Waals surface area contributed by atoms with Gasteiger partial charge in [-0.2, -0.15) is 4.68 Å². The van der Waals surface area contributed by atoms with Crippen LogP contribution in [0.4, 0.5) is 5.69 Å². The Kier molecular flexibility index (Phi) is 3.90. The largest absolute Gasteiger partial charge is 0.277 e. The molecule has 1 N–H and O–H groups in total. The lowest BCUT2D eigenvalue weighted by Gasteiger charge is -2.12. The summed E-state index contributed by atoms with van der Waals surface area (Å²) >= 11 is 1.16. The number of thiophene rings is 1. The number of aryl methyl sites for hydroxylation is 1. The number of benzene rings is 1. The third-order valence-electron chi connectivity index (χ3n) is 2.99. The Balaban J connectivity index is 2.03. The van der Waals surface area contributed by atoms with Gasteiger partial charge in [-0.15, -0.1) is 16.4 Å². The highest BCUT2D eigenvalue weighted by Crippen LogP contribution is 2.25. The number of nitrogens with one attached hydrogen (secondary N) is 1. The van der Waals surface area contributed by atoms with E-state index >= 15 is 0 Å². The number of hydrogen-bond acceptors (Lipinski definition) is 6. The van der Waals surface area contributed by atoms with Crippen molar-refractivity contribution in [1.82, 2.24) is 20.2 Å². The van der Waals surface area contributed by atoms with Crippen molar-refractivity contribution >= 4 is 27.0 Å². The number of sulfonamides is 1. The maximum absolute atomic E-state index is 12.4. The molecule has 0 atom stereocenters. The number of aromatic nitrogens is 4. The van der Waals surface area contributed by atoms with Crippen molar-refractivity contribution in [3.63, 3.8) is 0 Å². The maximum Gasteiger partial charge on any atom is 0.271 e. The minimum atomic E-state index is -3.62. The maximum atomic E-state index is 12.4. The molecule has 0 fully saturated rings. The van der Waals surface area contributed by atoms with Gasteiger partial charge in [-0.25, -0.2) is 8.42 Å². The van der Waals surface area contributed by atoms with Gasteiger partial charge in [-0.3, -0.25) is 4.72 Å². The summed E-state index contributed by atoms with van der Waals surface area (Å²) in [7, 11) is -3.62. The van der Waals surface area contributed by atoms with E-state index in [-0.39, 0.29) is 4.21 Å². The summed E-state index contributed by atoms with van der Waals surface area (Å²) < 4.78 is 29.1. The van der Waals surface area contributed by atoms with Crippen molar-refractivity contribution in [2.75, 3.05) is 4.72 Å². The number of anilines is 1. The lowest BCUT2D eigenvalue weighted by atomic mass is 10.2. The molecule has 0 aliphatic rings. The van der Waals surface area contributed by atoms with Crippen LogP contribution >= 0.6 is 11.3 Å². The minimum Gasteiger partial charge on any atom is -0.277 e. The Bertz CT molecular complexity index is 871. The number of hydrogen-bond donors (Lipinski definition) is 1. The minimum absolute atomic E-state index is 0.259. The van der Waals surface area contributed by atoms with Gasteiger partial charge in [0.05, 0.1) is 11.4 Å². The molecule has 1 aromatic carbocycles. The highest BCUT2D eigenvalue weighted by Gasteiger charge is 2.18. The molecular weight excluding hydrogens is 322 g/mol. The Labute approximate surface area is 131 Å². The Morgan fingerprint density at radius 3 is 2.77 bits per heavy atom. The van der Waals surface area contributed by atoms with Gasteiger partial charge in [0, 0.05) is 6.42 Å². The molecule has 0 radical (unpaired) electrons. The van der Waals surface area contributed by atoms with Gasteiger partial charge in [-0.1, -0.05) is 25.1 Å². The molecule has 9 heteroatoms. The molecule has 0 saturated heterocycles. The average molecular weight is 335 g/mol. The fourth-order valence-corrected chi connectivity index (χ4v) is 4.04. The second-order valence-electron chi connectivity index (χ2n) is 4.42. The summed E-state index contributed by atoms with van der Waals surface area (Å²) in [5.74, 6) is 0.655. The van der Waals surface area contributed by atoms with Crippen LogP contribution in [0, 0.1) is 0 Å². The van der Waals surface area contributed by atoms with Crippen LogP contribution in [0.25, 0.3) is 5.69 Å². The topological polar surface area (TPSA) is 89.8 Å². The standard InChI is InChI=1S/C13H13N5O2S2/c1-2-12-14-16-17-18(12)11-7-4-3-6-10(11)15-22(19,20)13-8-5-9-21-13/h3-9,15H,2H2,1H3. The predicted molar refractivity (Wildman–Crippen MR) is 83.7 cm³/mol. The van der Waals surface area contributed by atoms with Gasteiger partial charge in [0.15, 0.2) is 5.82 Å². The lowest BCUT2D eigenvalue weighted by Crippen LogP contribution is -2.14. The molecule has 0 unspecified atom stereocenters. The predicted octanol–water partition coefficient (Wildman–Crippen LogP) is 2.09. The van der Waals surface area contributed by atoms with E-state index in [1.807, 2.05) is 6.92 Å². The van der Waals surface area contributed by atoms with Crippen LogP contribution in [0.5, 0.6) is 0 Å². The van der Waals surface area contributed by atoms with Gasteiger partial charge in [0.25, 0.3) is 10.0 Å². The number of nitrogens with zero attached hydrogens (tertiary/aromatic N) is 4. The zero-order valence-corrected chi connectivity index (χ0v) is 13.3. The summed E-state index contributed by atoms with van der Waals surface area (Å²) in [6.45, 7) is 1.93. The third-order valence-corrected chi connectivity index (χ3v) is 5.75. The number of para-hydroxylation sites is 2. The highest BCUT2D eigenvalue weighted by molar-refractivity contribution is 7.94. The Morgan fingerprint density at radius 1 is 1.23 bits per heavy atom. The molecule has 0 aliphatic heterocycles. The van der Waals surface area contributed by atoms with Gasteiger partial charge < -0.3 is 0 Å². The molecule has 22 heavy (non-hydrogen) atoms. The molecule has 0 spiro atoms. The normalized spacial score (nSPS) is 11.5. The van der Waals surface area contributed by atoms with Gasteiger partial charge in [0.2, 0.25) is 0 Å². The van der Waals surface area contributed by atoms with E-state index in [0.29, 0.717) is 23.6 Å².